The zero-order chi connectivity index (χ0) is 30.2. The summed E-state index contributed by atoms with van der Waals surface area (Å²) >= 11 is 0. The molecule has 2 aromatic carbocycles. The number of aliphatic carboxylic acids is 1. The van der Waals surface area contributed by atoms with Crippen molar-refractivity contribution in [1.29, 1.82) is 0 Å². The number of hydrogen-bond donors (Lipinski definition) is 1. The van der Waals surface area contributed by atoms with Crippen LogP contribution in [0.25, 0.3) is 0 Å². The maximum absolute atomic E-state index is 14.1. The molecular formula is C30H35F5N2O4S. The molecule has 0 amide bonds. The number of likely N-dealkylation sites (tertiary alicyclic amines) is 2. The number of carboxylic acids is 1. The lowest BCUT2D eigenvalue weighted by atomic mass is 9.87. The van der Waals surface area contributed by atoms with Gasteiger partial charge in [0.25, 0.3) is 0 Å². The zero-order valence-electron chi connectivity index (χ0n) is 23.1. The molecule has 6 nitrogen and oxygen atoms in total. The van der Waals surface area contributed by atoms with Crippen LogP contribution in [-0.2, 0) is 14.6 Å². The van der Waals surface area contributed by atoms with E-state index in [4.69, 9.17) is 0 Å². The molecule has 0 bridgehead atoms. The van der Waals surface area contributed by atoms with Crippen LogP contribution in [0.15, 0.2) is 35.2 Å². The molecule has 2 aromatic rings. The smallest absolute Gasteiger partial charge is 0.320 e. The van der Waals surface area contributed by atoms with Gasteiger partial charge in [-0.2, -0.15) is 0 Å². The molecule has 2 heterocycles. The first-order valence-electron chi connectivity index (χ1n) is 14.4. The van der Waals surface area contributed by atoms with Crippen LogP contribution in [0.3, 0.4) is 0 Å². The molecular weight excluding hydrogens is 579 g/mol. The molecule has 0 radical (unpaired) electrons. The molecule has 3 atom stereocenters. The molecule has 1 saturated carbocycles. The molecule has 0 spiro atoms. The van der Waals surface area contributed by atoms with E-state index in [0.29, 0.717) is 57.9 Å². The highest BCUT2D eigenvalue weighted by Crippen LogP contribution is 2.40. The van der Waals surface area contributed by atoms with E-state index in [1.165, 1.54) is 12.1 Å². The highest BCUT2D eigenvalue weighted by atomic mass is 32.2. The van der Waals surface area contributed by atoms with Crippen molar-refractivity contribution in [3.63, 3.8) is 0 Å². The van der Waals surface area contributed by atoms with Crippen molar-refractivity contribution in [2.45, 2.75) is 55.4 Å². The Morgan fingerprint density at radius 3 is 2.19 bits per heavy atom. The van der Waals surface area contributed by atoms with Gasteiger partial charge in [-0.15, -0.1) is 0 Å². The molecule has 3 fully saturated rings. The third kappa shape index (κ3) is 6.97. The van der Waals surface area contributed by atoms with Gasteiger partial charge in [-0.25, -0.2) is 30.4 Å². The Morgan fingerprint density at radius 1 is 0.929 bits per heavy atom. The lowest BCUT2D eigenvalue weighted by Crippen LogP contribution is -2.42. The second kappa shape index (κ2) is 12.6. The molecule has 3 aliphatic rings. The Morgan fingerprint density at radius 2 is 1.60 bits per heavy atom. The lowest BCUT2D eigenvalue weighted by Gasteiger charge is -2.35. The predicted molar refractivity (Wildman–Crippen MR) is 145 cm³/mol. The predicted octanol–water partition coefficient (Wildman–Crippen LogP) is 5.23. The number of carboxylic acid groups (broad SMARTS) is 1. The molecule has 0 aromatic heterocycles. The normalized spacial score (nSPS) is 23.4. The van der Waals surface area contributed by atoms with Gasteiger partial charge in [0.1, 0.15) is 16.8 Å². The van der Waals surface area contributed by atoms with Crippen LogP contribution in [-0.4, -0.2) is 73.8 Å². The SMILES string of the molecule is O=C(O)[C@@H](CC1CC1)N1C[C@H](CN2CCC(CCS(=O)(=O)c3c(F)c(F)cc(F)c3F)CC2)[C@@H](c2cccc(F)c2)C1. The van der Waals surface area contributed by atoms with Gasteiger partial charge < -0.3 is 10.0 Å². The van der Waals surface area contributed by atoms with Gasteiger partial charge in [-0.3, -0.25) is 9.69 Å². The Balaban J connectivity index is 1.21. The Kier molecular flexibility index (Phi) is 9.24. The highest BCUT2D eigenvalue weighted by molar-refractivity contribution is 7.91. The molecule has 2 saturated heterocycles. The van der Waals surface area contributed by atoms with Crippen LogP contribution in [0, 0.1) is 46.8 Å². The standard InChI is InChI=1S/C30H35F5N2O4S/c31-22-3-1-2-20(13-22)23-17-37(26(30(38)39)12-19-4-5-19)16-21(23)15-36-9-6-18(7-10-36)8-11-42(40,41)29-27(34)24(32)14-25(33)28(29)35/h1-3,13-14,18-19,21,23,26H,4-12,15-17H2,(H,38,39)/t21-,23+,26+/m0/s1. The number of carbonyl (C=O) groups is 1. The van der Waals surface area contributed by atoms with Crippen LogP contribution in [0.4, 0.5) is 22.0 Å². The summed E-state index contributed by atoms with van der Waals surface area (Å²) in [5.74, 6) is -8.75. The van der Waals surface area contributed by atoms with Crippen LogP contribution in [0.1, 0.15) is 50.0 Å². The van der Waals surface area contributed by atoms with Crippen molar-refractivity contribution in [1.82, 2.24) is 9.80 Å². The van der Waals surface area contributed by atoms with Crippen molar-refractivity contribution in [2.75, 3.05) is 38.5 Å². The third-order valence-corrected chi connectivity index (χ3v) is 10.9. The summed E-state index contributed by atoms with van der Waals surface area (Å²) in [6.07, 6.45) is 4.05. The van der Waals surface area contributed by atoms with E-state index < -0.39 is 55.8 Å². The first kappa shape index (κ1) is 30.9. The van der Waals surface area contributed by atoms with Gasteiger partial charge in [0.15, 0.2) is 33.1 Å². The third-order valence-electron chi connectivity index (χ3n) is 9.10. The molecule has 1 N–H and O–H groups in total. The van der Waals surface area contributed by atoms with Crippen LogP contribution in [0.5, 0.6) is 0 Å². The van der Waals surface area contributed by atoms with Crippen molar-refractivity contribution in [3.8, 4) is 0 Å². The number of benzene rings is 2. The Hall–Kier alpha value is -2.57. The summed E-state index contributed by atoms with van der Waals surface area (Å²) in [6.45, 7) is 3.04. The minimum absolute atomic E-state index is 0.0171. The second-order valence-corrected chi connectivity index (χ2v) is 14.1. The lowest BCUT2D eigenvalue weighted by molar-refractivity contribution is -0.143. The molecule has 0 unspecified atom stereocenters. The first-order valence-corrected chi connectivity index (χ1v) is 16.1. The first-order chi connectivity index (χ1) is 19.9. The number of piperidine rings is 1. The molecule has 5 rings (SSSR count). The fourth-order valence-corrected chi connectivity index (χ4v) is 8.16. The van der Waals surface area contributed by atoms with Crippen molar-refractivity contribution < 1.29 is 40.3 Å². The van der Waals surface area contributed by atoms with Crippen molar-refractivity contribution >= 4 is 15.8 Å². The van der Waals surface area contributed by atoms with E-state index >= 15 is 0 Å². The van der Waals surface area contributed by atoms with E-state index in [-0.39, 0.29) is 36.1 Å². The summed E-state index contributed by atoms with van der Waals surface area (Å²) in [4.78, 5) is 14.8. The fraction of sp³-hybridized carbons (Fsp3) is 0.567. The number of sulfone groups is 1. The summed E-state index contributed by atoms with van der Waals surface area (Å²) in [6, 6.07) is 5.85. The maximum Gasteiger partial charge on any atom is 0.320 e. The van der Waals surface area contributed by atoms with E-state index in [1.807, 2.05) is 11.0 Å². The zero-order valence-corrected chi connectivity index (χ0v) is 23.9. The highest BCUT2D eigenvalue weighted by Gasteiger charge is 2.42. The van der Waals surface area contributed by atoms with E-state index in [2.05, 4.69) is 4.90 Å². The van der Waals surface area contributed by atoms with Crippen LogP contribution < -0.4 is 0 Å². The maximum atomic E-state index is 14.1. The number of hydrogen-bond acceptors (Lipinski definition) is 5. The summed E-state index contributed by atoms with van der Waals surface area (Å²) in [5.41, 5.74) is 0.839. The average molecular weight is 615 g/mol. The van der Waals surface area contributed by atoms with Crippen LogP contribution >= 0.6 is 0 Å². The molecule has 42 heavy (non-hydrogen) atoms. The summed E-state index contributed by atoms with van der Waals surface area (Å²) < 4.78 is 94.7. The minimum Gasteiger partial charge on any atom is -0.480 e. The largest absolute Gasteiger partial charge is 0.480 e. The average Bonchev–Trinajstić information content (AvgIpc) is 3.68. The fourth-order valence-electron chi connectivity index (χ4n) is 6.57. The summed E-state index contributed by atoms with van der Waals surface area (Å²) in [7, 11) is -4.59. The summed E-state index contributed by atoms with van der Waals surface area (Å²) in [5, 5.41) is 9.95. The van der Waals surface area contributed by atoms with Crippen LogP contribution in [0.2, 0.25) is 0 Å². The van der Waals surface area contributed by atoms with Crippen molar-refractivity contribution in [3.05, 3.63) is 65.0 Å². The van der Waals surface area contributed by atoms with E-state index in [0.717, 1.165) is 18.4 Å². The molecule has 230 valence electrons. The molecule has 2 aliphatic heterocycles. The van der Waals surface area contributed by atoms with E-state index in [9.17, 15) is 40.3 Å². The van der Waals surface area contributed by atoms with Gasteiger partial charge in [0, 0.05) is 31.6 Å². The van der Waals surface area contributed by atoms with Crippen molar-refractivity contribution in [2.24, 2.45) is 17.8 Å². The van der Waals surface area contributed by atoms with Gasteiger partial charge in [-0.05, 0) is 74.2 Å². The monoisotopic (exact) mass is 614 g/mol. The molecule has 12 heteroatoms. The van der Waals surface area contributed by atoms with Gasteiger partial charge in [0.05, 0.1) is 5.75 Å². The number of nitrogens with zero attached hydrogens (tertiary/aromatic N) is 2. The number of halogens is 5. The van der Waals surface area contributed by atoms with Gasteiger partial charge in [-0.1, -0.05) is 25.0 Å². The Labute approximate surface area is 242 Å². The van der Waals surface area contributed by atoms with Gasteiger partial charge in [0.2, 0.25) is 0 Å². The number of rotatable bonds is 11. The quantitative estimate of drug-likeness (QED) is 0.276. The Bertz CT molecular complexity index is 1390. The van der Waals surface area contributed by atoms with Gasteiger partial charge >= 0.3 is 5.97 Å². The topological polar surface area (TPSA) is 77.9 Å². The minimum atomic E-state index is -4.59. The molecule has 1 aliphatic carbocycles. The second-order valence-electron chi connectivity index (χ2n) is 12.1. The van der Waals surface area contributed by atoms with E-state index in [1.54, 1.807) is 6.07 Å².